The number of hydrogen-bond donors (Lipinski definition) is 3. The number of alkyl halides is 2. The molecule has 0 unspecified atom stereocenters. The third-order valence-corrected chi connectivity index (χ3v) is 5.60. The molecule has 0 radical (unpaired) electrons. The van der Waals surface area contributed by atoms with Gasteiger partial charge in [-0.15, -0.1) is 0 Å². The van der Waals surface area contributed by atoms with Crippen molar-refractivity contribution < 1.29 is 13.7 Å². The molecule has 0 aliphatic carbocycles. The highest BCUT2D eigenvalue weighted by Crippen LogP contribution is 2.26. The number of piperidine rings is 1. The Morgan fingerprint density at radius 2 is 1.74 bits per heavy atom. The molecule has 0 amide bonds. The quantitative estimate of drug-likeness (QED) is 0.504. The molecular formula is C20H24F2N3S2+. The van der Waals surface area contributed by atoms with Crippen LogP contribution < -0.4 is 15.5 Å². The maximum Gasteiger partial charge on any atom is 0.288 e. The smallest absolute Gasteiger partial charge is 0.288 e. The summed E-state index contributed by atoms with van der Waals surface area (Å²) in [6.45, 7) is 3.31. The number of halogens is 2. The Balaban J connectivity index is 1.40. The third kappa shape index (κ3) is 6.75. The summed E-state index contributed by atoms with van der Waals surface area (Å²) in [7, 11) is 0. The molecule has 7 heteroatoms. The molecule has 3 rings (SSSR count). The van der Waals surface area contributed by atoms with Crippen LogP contribution in [0.4, 0.5) is 14.5 Å². The highest BCUT2D eigenvalue weighted by Gasteiger charge is 2.22. The van der Waals surface area contributed by atoms with Crippen LogP contribution in [0.2, 0.25) is 0 Å². The molecule has 144 valence electrons. The van der Waals surface area contributed by atoms with Gasteiger partial charge in [0.1, 0.15) is 6.54 Å². The van der Waals surface area contributed by atoms with E-state index < -0.39 is 5.76 Å². The number of nitrogens with one attached hydrogen (secondary N) is 3. The fourth-order valence-electron chi connectivity index (χ4n) is 3.30. The lowest BCUT2D eigenvalue weighted by Crippen LogP contribution is -3.12. The van der Waals surface area contributed by atoms with E-state index >= 15 is 0 Å². The van der Waals surface area contributed by atoms with E-state index in [9.17, 15) is 8.78 Å². The first kappa shape index (κ1) is 20.0. The van der Waals surface area contributed by atoms with E-state index in [-0.39, 0.29) is 0 Å². The second-order valence-corrected chi connectivity index (χ2v) is 8.16. The van der Waals surface area contributed by atoms with Gasteiger partial charge in [-0.2, -0.15) is 8.78 Å². The number of rotatable bonds is 6. The summed E-state index contributed by atoms with van der Waals surface area (Å²) in [6, 6.07) is 17.9. The minimum atomic E-state index is -2.40. The van der Waals surface area contributed by atoms with E-state index in [1.807, 2.05) is 6.07 Å². The molecule has 0 atom stereocenters. The predicted molar refractivity (Wildman–Crippen MR) is 112 cm³/mol. The van der Waals surface area contributed by atoms with Gasteiger partial charge < -0.3 is 15.5 Å². The molecule has 3 nitrogen and oxygen atoms in total. The van der Waals surface area contributed by atoms with Crippen LogP contribution in [0, 0.1) is 0 Å². The van der Waals surface area contributed by atoms with Crippen LogP contribution in [0.3, 0.4) is 0 Å². The van der Waals surface area contributed by atoms with Crippen molar-refractivity contribution in [2.24, 2.45) is 0 Å². The molecule has 3 N–H and O–H groups in total. The van der Waals surface area contributed by atoms with Gasteiger partial charge in [0, 0.05) is 35.0 Å². The van der Waals surface area contributed by atoms with Crippen LogP contribution in [0.15, 0.2) is 59.5 Å². The number of anilines is 1. The zero-order valence-corrected chi connectivity index (χ0v) is 16.6. The summed E-state index contributed by atoms with van der Waals surface area (Å²) in [6.07, 6.45) is 2.15. The van der Waals surface area contributed by atoms with Crippen molar-refractivity contribution in [2.75, 3.05) is 18.4 Å². The van der Waals surface area contributed by atoms with Crippen LogP contribution in [0.25, 0.3) is 0 Å². The standard InChI is InChI=1S/C20H23F2N3S2/c21-19(22)27-18-8-6-16(7-9-18)23-20(26)24-17-10-12-25(13-11-17)14-15-4-2-1-3-5-15/h1-9,17,19H,10-14H2,(H2,23,24,26)/p+1. The van der Waals surface area contributed by atoms with E-state index in [0.717, 1.165) is 38.2 Å². The average Bonchev–Trinajstić information content (AvgIpc) is 2.65. The number of quaternary nitrogens is 1. The molecule has 1 saturated heterocycles. The molecule has 2 aromatic rings. The van der Waals surface area contributed by atoms with Gasteiger partial charge in [-0.05, 0) is 36.5 Å². The number of thioether (sulfide) groups is 1. The van der Waals surface area contributed by atoms with Gasteiger partial charge in [0.2, 0.25) is 0 Å². The van der Waals surface area contributed by atoms with E-state index in [0.29, 0.717) is 27.8 Å². The maximum absolute atomic E-state index is 12.4. The zero-order chi connectivity index (χ0) is 19.1. The summed E-state index contributed by atoms with van der Waals surface area (Å²) in [5, 5.41) is 7.10. The first-order valence-corrected chi connectivity index (χ1v) is 10.4. The van der Waals surface area contributed by atoms with E-state index in [1.54, 1.807) is 29.2 Å². The van der Waals surface area contributed by atoms with Crippen molar-refractivity contribution >= 4 is 34.8 Å². The molecule has 1 aliphatic rings. The third-order valence-electron chi connectivity index (χ3n) is 4.66. The Labute approximate surface area is 168 Å². The molecule has 0 aromatic heterocycles. The number of likely N-dealkylation sites (tertiary alicyclic amines) is 1. The Morgan fingerprint density at radius 1 is 1.07 bits per heavy atom. The molecule has 2 aromatic carbocycles. The molecule has 0 saturated carbocycles. The Morgan fingerprint density at radius 3 is 2.37 bits per heavy atom. The molecule has 1 fully saturated rings. The molecule has 1 heterocycles. The van der Waals surface area contributed by atoms with Crippen LogP contribution in [0.5, 0.6) is 0 Å². The van der Waals surface area contributed by atoms with Gasteiger partial charge in [-0.1, -0.05) is 42.1 Å². The highest BCUT2D eigenvalue weighted by atomic mass is 32.2. The van der Waals surface area contributed by atoms with Crippen LogP contribution in [-0.2, 0) is 6.54 Å². The zero-order valence-electron chi connectivity index (χ0n) is 15.0. The van der Waals surface area contributed by atoms with Gasteiger partial charge in [-0.3, -0.25) is 0 Å². The van der Waals surface area contributed by atoms with Crippen molar-refractivity contribution in [3.63, 3.8) is 0 Å². The van der Waals surface area contributed by atoms with E-state index in [1.165, 1.54) is 5.56 Å². The summed E-state index contributed by atoms with van der Waals surface area (Å²) in [5.41, 5.74) is 2.18. The van der Waals surface area contributed by atoms with Gasteiger partial charge in [0.05, 0.1) is 13.1 Å². The second kappa shape index (κ2) is 10.0. The lowest BCUT2D eigenvalue weighted by Gasteiger charge is -2.30. The summed E-state index contributed by atoms with van der Waals surface area (Å²) in [5.74, 6) is -2.40. The Bertz CT molecular complexity index is 718. The first-order chi connectivity index (χ1) is 13.1. The predicted octanol–water partition coefficient (Wildman–Crippen LogP) is 3.54. The Kier molecular flexibility index (Phi) is 7.43. The number of thiocarbonyl (C=S) groups is 1. The summed E-state index contributed by atoms with van der Waals surface area (Å²) >= 11 is 5.94. The van der Waals surface area contributed by atoms with Gasteiger partial charge in [0.25, 0.3) is 5.76 Å². The molecule has 0 spiro atoms. The fraction of sp³-hybridized carbons (Fsp3) is 0.350. The van der Waals surface area contributed by atoms with Gasteiger partial charge >= 0.3 is 0 Å². The first-order valence-electron chi connectivity index (χ1n) is 9.08. The van der Waals surface area contributed by atoms with Crippen molar-refractivity contribution in [1.82, 2.24) is 5.32 Å². The van der Waals surface area contributed by atoms with Crippen LogP contribution >= 0.6 is 24.0 Å². The Hall–Kier alpha value is -1.70. The second-order valence-electron chi connectivity index (χ2n) is 6.69. The van der Waals surface area contributed by atoms with Crippen LogP contribution in [-0.4, -0.2) is 30.0 Å². The van der Waals surface area contributed by atoms with Crippen molar-refractivity contribution in [2.45, 2.75) is 36.1 Å². The SMILES string of the molecule is FC(F)Sc1ccc(NC(=S)NC2CC[NH+](Cc3ccccc3)CC2)cc1. The van der Waals surface area contributed by atoms with Gasteiger partial charge in [0.15, 0.2) is 5.11 Å². The highest BCUT2D eigenvalue weighted by molar-refractivity contribution is 7.99. The van der Waals surface area contributed by atoms with E-state index in [4.69, 9.17) is 12.2 Å². The molecule has 27 heavy (non-hydrogen) atoms. The minimum absolute atomic E-state index is 0.373. The topological polar surface area (TPSA) is 28.5 Å². The lowest BCUT2D eigenvalue weighted by atomic mass is 10.0. The van der Waals surface area contributed by atoms with Gasteiger partial charge in [-0.25, -0.2) is 0 Å². The maximum atomic E-state index is 12.4. The monoisotopic (exact) mass is 408 g/mol. The van der Waals surface area contributed by atoms with Crippen molar-refractivity contribution in [1.29, 1.82) is 0 Å². The average molecular weight is 409 g/mol. The minimum Gasteiger partial charge on any atom is -0.359 e. The fourth-order valence-corrected chi connectivity index (χ4v) is 4.09. The molecule has 1 aliphatic heterocycles. The van der Waals surface area contributed by atoms with Crippen molar-refractivity contribution in [3.05, 3.63) is 60.2 Å². The number of benzene rings is 2. The largest absolute Gasteiger partial charge is 0.359 e. The summed E-state index contributed by atoms with van der Waals surface area (Å²) < 4.78 is 24.7. The van der Waals surface area contributed by atoms with Crippen molar-refractivity contribution in [3.8, 4) is 0 Å². The molecular weight excluding hydrogens is 384 g/mol. The van der Waals surface area contributed by atoms with Crippen LogP contribution in [0.1, 0.15) is 18.4 Å². The summed E-state index contributed by atoms with van der Waals surface area (Å²) in [4.78, 5) is 2.15. The molecule has 0 bridgehead atoms. The lowest BCUT2D eigenvalue weighted by molar-refractivity contribution is -0.918. The normalized spacial score (nSPS) is 19.7. The number of hydrogen-bond acceptors (Lipinski definition) is 2. The van der Waals surface area contributed by atoms with E-state index in [2.05, 4.69) is 34.9 Å².